The van der Waals surface area contributed by atoms with Crippen LogP contribution >= 0.6 is 0 Å². The highest BCUT2D eigenvalue weighted by Gasteiger charge is 2.01. The van der Waals surface area contributed by atoms with Crippen LogP contribution in [-0.2, 0) is 13.0 Å². The van der Waals surface area contributed by atoms with Gasteiger partial charge in [-0.05, 0) is 50.2 Å². The van der Waals surface area contributed by atoms with Gasteiger partial charge >= 0.3 is 0 Å². The summed E-state index contributed by atoms with van der Waals surface area (Å²) in [5.74, 6) is 0. The van der Waals surface area contributed by atoms with Crippen LogP contribution in [0, 0.1) is 0 Å². The molecule has 0 spiro atoms. The van der Waals surface area contributed by atoms with Gasteiger partial charge < -0.3 is 15.1 Å². The van der Waals surface area contributed by atoms with Crippen LogP contribution in [0.1, 0.15) is 17.5 Å². The fourth-order valence-corrected chi connectivity index (χ4v) is 2.01. The van der Waals surface area contributed by atoms with Crippen LogP contribution in [0.5, 0.6) is 0 Å². The van der Waals surface area contributed by atoms with Crippen LogP contribution in [0.15, 0.2) is 47.3 Å². The average Bonchev–Trinajstić information content (AvgIpc) is 2.84. The van der Waals surface area contributed by atoms with Crippen molar-refractivity contribution in [3.8, 4) is 0 Å². The van der Waals surface area contributed by atoms with Crippen molar-refractivity contribution in [1.82, 2.24) is 4.90 Å². The van der Waals surface area contributed by atoms with E-state index in [9.17, 15) is 0 Å². The molecule has 2 N–H and O–H groups in total. The second kappa shape index (κ2) is 6.26. The van der Waals surface area contributed by atoms with Gasteiger partial charge in [-0.2, -0.15) is 0 Å². The fourth-order valence-electron chi connectivity index (χ4n) is 2.01. The van der Waals surface area contributed by atoms with Crippen LogP contribution < -0.4 is 5.73 Å². The molecule has 0 bridgehead atoms. The number of anilines is 1. The maximum atomic E-state index is 5.66. The summed E-state index contributed by atoms with van der Waals surface area (Å²) in [4.78, 5) is 2.31. The van der Waals surface area contributed by atoms with Gasteiger partial charge in [0, 0.05) is 17.8 Å². The lowest BCUT2D eigenvalue weighted by Crippen LogP contribution is -2.19. The van der Waals surface area contributed by atoms with Crippen LogP contribution in [-0.4, -0.2) is 18.5 Å². The first-order chi connectivity index (χ1) is 8.74. The Morgan fingerprint density at radius 3 is 2.56 bits per heavy atom. The minimum atomic E-state index is 0.829. The molecule has 0 aliphatic heterocycles. The zero-order valence-corrected chi connectivity index (χ0v) is 10.8. The van der Waals surface area contributed by atoms with Gasteiger partial charge in [0.05, 0.1) is 12.5 Å². The molecule has 0 unspecified atom stereocenters. The van der Waals surface area contributed by atoms with Crippen molar-refractivity contribution in [2.75, 3.05) is 19.3 Å². The van der Waals surface area contributed by atoms with Crippen molar-refractivity contribution in [3.05, 3.63) is 54.0 Å². The Kier molecular flexibility index (Phi) is 4.42. The Labute approximate surface area is 108 Å². The first kappa shape index (κ1) is 12.7. The molecule has 3 heteroatoms. The SMILES string of the molecule is CN(CCCc1ccc(N)cc1)Cc1ccoc1. The molecule has 0 fully saturated rings. The molecule has 18 heavy (non-hydrogen) atoms. The lowest BCUT2D eigenvalue weighted by atomic mass is 10.1. The molecule has 2 aromatic rings. The second-order valence-corrected chi connectivity index (χ2v) is 4.71. The molecule has 2 rings (SSSR count). The van der Waals surface area contributed by atoms with E-state index in [2.05, 4.69) is 24.1 Å². The van der Waals surface area contributed by atoms with Crippen molar-refractivity contribution in [2.24, 2.45) is 0 Å². The Balaban J connectivity index is 1.70. The molecule has 1 aromatic heterocycles. The van der Waals surface area contributed by atoms with Crippen molar-refractivity contribution >= 4 is 5.69 Å². The fraction of sp³-hybridized carbons (Fsp3) is 0.333. The number of aryl methyl sites for hydroxylation is 1. The zero-order chi connectivity index (χ0) is 12.8. The standard InChI is InChI=1S/C15H20N2O/c1-17(11-14-8-10-18-12-14)9-2-3-13-4-6-15(16)7-5-13/h4-8,10,12H,2-3,9,11,16H2,1H3. The molecule has 96 valence electrons. The van der Waals surface area contributed by atoms with Crippen LogP contribution in [0.25, 0.3) is 0 Å². The van der Waals surface area contributed by atoms with Gasteiger partial charge in [-0.3, -0.25) is 0 Å². The summed E-state index contributed by atoms with van der Waals surface area (Å²) in [5, 5.41) is 0. The minimum absolute atomic E-state index is 0.829. The number of hydrogen-bond donors (Lipinski definition) is 1. The Morgan fingerprint density at radius 1 is 1.11 bits per heavy atom. The molecule has 0 aliphatic carbocycles. The summed E-state index contributed by atoms with van der Waals surface area (Å²) in [6.07, 6.45) is 5.77. The number of rotatable bonds is 6. The monoisotopic (exact) mass is 244 g/mol. The van der Waals surface area contributed by atoms with E-state index in [0.717, 1.165) is 31.6 Å². The van der Waals surface area contributed by atoms with E-state index in [0.29, 0.717) is 0 Å². The normalized spacial score (nSPS) is 11.0. The van der Waals surface area contributed by atoms with Gasteiger partial charge in [0.1, 0.15) is 0 Å². The van der Waals surface area contributed by atoms with Gasteiger partial charge in [0.25, 0.3) is 0 Å². The number of benzene rings is 1. The molecule has 3 nitrogen and oxygen atoms in total. The Bertz CT molecular complexity index is 448. The molecular formula is C15H20N2O. The van der Waals surface area contributed by atoms with Crippen LogP contribution in [0.3, 0.4) is 0 Å². The van der Waals surface area contributed by atoms with Gasteiger partial charge in [0.2, 0.25) is 0 Å². The second-order valence-electron chi connectivity index (χ2n) is 4.71. The topological polar surface area (TPSA) is 42.4 Å². The summed E-state index contributed by atoms with van der Waals surface area (Å²) >= 11 is 0. The van der Waals surface area contributed by atoms with Gasteiger partial charge in [-0.25, -0.2) is 0 Å². The van der Waals surface area contributed by atoms with E-state index < -0.39 is 0 Å². The minimum Gasteiger partial charge on any atom is -0.472 e. The number of nitrogen functional groups attached to an aromatic ring is 1. The highest BCUT2D eigenvalue weighted by Crippen LogP contribution is 2.09. The van der Waals surface area contributed by atoms with Gasteiger partial charge in [-0.1, -0.05) is 12.1 Å². The molecule has 0 saturated carbocycles. The van der Waals surface area contributed by atoms with Gasteiger partial charge in [-0.15, -0.1) is 0 Å². The van der Waals surface area contributed by atoms with Crippen LogP contribution in [0.2, 0.25) is 0 Å². The predicted octanol–water partition coefficient (Wildman–Crippen LogP) is 2.93. The van der Waals surface area contributed by atoms with Gasteiger partial charge in [0.15, 0.2) is 0 Å². The predicted molar refractivity (Wildman–Crippen MR) is 74.2 cm³/mol. The zero-order valence-electron chi connectivity index (χ0n) is 10.8. The van der Waals surface area contributed by atoms with E-state index in [1.807, 2.05) is 18.2 Å². The highest BCUT2D eigenvalue weighted by atomic mass is 16.3. The van der Waals surface area contributed by atoms with Crippen LogP contribution in [0.4, 0.5) is 5.69 Å². The summed E-state index contributed by atoms with van der Waals surface area (Å²) in [5.41, 5.74) is 9.07. The Hall–Kier alpha value is -1.74. The number of nitrogens with zero attached hydrogens (tertiary/aromatic N) is 1. The van der Waals surface area contributed by atoms with Crippen molar-refractivity contribution < 1.29 is 4.42 Å². The number of furan rings is 1. The summed E-state index contributed by atoms with van der Waals surface area (Å²) in [7, 11) is 2.13. The quantitative estimate of drug-likeness (QED) is 0.794. The molecule has 1 aromatic carbocycles. The molecule has 0 atom stereocenters. The first-order valence-electron chi connectivity index (χ1n) is 6.28. The van der Waals surface area contributed by atoms with E-state index in [4.69, 9.17) is 10.2 Å². The van der Waals surface area contributed by atoms with E-state index >= 15 is 0 Å². The third-order valence-corrected chi connectivity index (χ3v) is 3.02. The summed E-state index contributed by atoms with van der Waals surface area (Å²) in [6.45, 7) is 2.02. The lowest BCUT2D eigenvalue weighted by molar-refractivity contribution is 0.321. The molecule has 0 amide bonds. The molecule has 1 heterocycles. The van der Waals surface area contributed by atoms with Crippen molar-refractivity contribution in [2.45, 2.75) is 19.4 Å². The van der Waals surface area contributed by atoms with Crippen molar-refractivity contribution in [1.29, 1.82) is 0 Å². The molecular weight excluding hydrogens is 224 g/mol. The van der Waals surface area contributed by atoms with E-state index in [1.165, 1.54) is 11.1 Å². The third-order valence-electron chi connectivity index (χ3n) is 3.02. The third kappa shape index (κ3) is 3.93. The largest absolute Gasteiger partial charge is 0.472 e. The number of nitrogens with two attached hydrogens (primary N) is 1. The first-order valence-corrected chi connectivity index (χ1v) is 6.28. The summed E-state index contributed by atoms with van der Waals surface area (Å²) in [6, 6.07) is 10.1. The Morgan fingerprint density at radius 2 is 1.89 bits per heavy atom. The lowest BCUT2D eigenvalue weighted by Gasteiger charge is -2.15. The molecule has 0 saturated heterocycles. The smallest absolute Gasteiger partial charge is 0.0947 e. The highest BCUT2D eigenvalue weighted by molar-refractivity contribution is 5.39. The van der Waals surface area contributed by atoms with E-state index in [1.54, 1.807) is 12.5 Å². The van der Waals surface area contributed by atoms with Crippen molar-refractivity contribution in [3.63, 3.8) is 0 Å². The average molecular weight is 244 g/mol. The number of hydrogen-bond acceptors (Lipinski definition) is 3. The van der Waals surface area contributed by atoms with E-state index in [-0.39, 0.29) is 0 Å². The molecule has 0 radical (unpaired) electrons. The molecule has 0 aliphatic rings. The maximum Gasteiger partial charge on any atom is 0.0947 e. The summed E-state index contributed by atoms with van der Waals surface area (Å²) < 4.78 is 5.06. The maximum absolute atomic E-state index is 5.66.